The lowest BCUT2D eigenvalue weighted by atomic mass is 9.97. The van der Waals surface area contributed by atoms with E-state index in [2.05, 4.69) is 31.9 Å². The van der Waals surface area contributed by atoms with E-state index in [1.54, 1.807) is 0 Å². The summed E-state index contributed by atoms with van der Waals surface area (Å²) in [5, 5.41) is 0. The number of halogens is 1. The molecule has 1 aromatic heterocycles. The lowest BCUT2D eigenvalue weighted by molar-refractivity contribution is -0.0858. The summed E-state index contributed by atoms with van der Waals surface area (Å²) in [5.74, 6) is 0.472. The topological polar surface area (TPSA) is 34.6 Å². The summed E-state index contributed by atoms with van der Waals surface area (Å²) in [4.78, 5) is 6.60. The van der Waals surface area contributed by atoms with Gasteiger partial charge in [-0.1, -0.05) is 0 Å². The maximum Gasteiger partial charge on any atom is 0.162 e. The predicted octanol–water partition coefficient (Wildman–Crippen LogP) is 2.43. The van der Waals surface area contributed by atoms with Gasteiger partial charge in [0.1, 0.15) is 0 Å². The van der Waals surface area contributed by atoms with Gasteiger partial charge in [0.2, 0.25) is 0 Å². The summed E-state index contributed by atoms with van der Waals surface area (Å²) >= 11 is 3.47. The molecule has 0 spiro atoms. The summed E-state index contributed by atoms with van der Waals surface area (Å²) in [6.45, 7) is 3.55. The predicted molar refractivity (Wildman–Crippen MR) is 72.6 cm³/mol. The fourth-order valence-electron chi connectivity index (χ4n) is 2.69. The van der Waals surface area contributed by atoms with Crippen LogP contribution in [0.2, 0.25) is 0 Å². The summed E-state index contributed by atoms with van der Waals surface area (Å²) in [5.41, 5.74) is 1.17. The number of hydrogen-bond acceptors (Lipinski definition) is 4. The highest BCUT2D eigenvalue weighted by molar-refractivity contribution is 9.10. The van der Waals surface area contributed by atoms with Crippen LogP contribution in [0.25, 0.3) is 0 Å². The summed E-state index contributed by atoms with van der Waals surface area (Å²) in [7, 11) is 0. The van der Waals surface area contributed by atoms with Crippen LogP contribution in [0.4, 0.5) is 5.69 Å². The first-order valence-corrected chi connectivity index (χ1v) is 7.21. The Labute approximate surface area is 115 Å². The van der Waals surface area contributed by atoms with E-state index in [-0.39, 0.29) is 6.29 Å². The zero-order chi connectivity index (χ0) is 12.4. The first kappa shape index (κ1) is 12.4. The zero-order valence-electron chi connectivity index (χ0n) is 10.2. The van der Waals surface area contributed by atoms with Crippen molar-refractivity contribution in [1.29, 1.82) is 0 Å². The van der Waals surface area contributed by atoms with Gasteiger partial charge in [-0.25, -0.2) is 0 Å². The van der Waals surface area contributed by atoms with Gasteiger partial charge in [-0.3, -0.25) is 4.98 Å². The molecule has 18 heavy (non-hydrogen) atoms. The number of rotatable bonds is 2. The van der Waals surface area contributed by atoms with Gasteiger partial charge < -0.3 is 14.4 Å². The highest BCUT2D eigenvalue weighted by Gasteiger charge is 2.31. The number of nitrogens with zero attached hydrogens (tertiary/aromatic N) is 2. The molecule has 0 bridgehead atoms. The van der Waals surface area contributed by atoms with E-state index in [1.165, 1.54) is 18.5 Å². The van der Waals surface area contributed by atoms with Crippen LogP contribution in [0.1, 0.15) is 12.8 Å². The third-order valence-electron chi connectivity index (χ3n) is 3.55. The van der Waals surface area contributed by atoms with Crippen molar-refractivity contribution in [2.24, 2.45) is 5.92 Å². The Morgan fingerprint density at radius 3 is 2.89 bits per heavy atom. The molecule has 0 N–H and O–H groups in total. The fourth-order valence-corrected chi connectivity index (χ4v) is 3.04. The molecule has 0 aromatic carbocycles. The van der Waals surface area contributed by atoms with Crippen molar-refractivity contribution in [3.8, 4) is 0 Å². The fraction of sp³-hybridized carbons (Fsp3) is 0.615. The second kappa shape index (κ2) is 5.55. The van der Waals surface area contributed by atoms with Crippen molar-refractivity contribution < 1.29 is 9.47 Å². The van der Waals surface area contributed by atoms with Crippen LogP contribution in [-0.2, 0) is 9.47 Å². The van der Waals surface area contributed by atoms with Gasteiger partial charge in [0.25, 0.3) is 0 Å². The molecule has 2 saturated heterocycles. The van der Waals surface area contributed by atoms with E-state index in [0.717, 1.165) is 30.8 Å². The first-order valence-electron chi connectivity index (χ1n) is 6.41. The van der Waals surface area contributed by atoms with Gasteiger partial charge in [0, 0.05) is 29.7 Å². The molecule has 2 fully saturated rings. The average molecular weight is 313 g/mol. The van der Waals surface area contributed by atoms with Crippen LogP contribution in [0.3, 0.4) is 0 Å². The Kier molecular flexibility index (Phi) is 3.82. The monoisotopic (exact) mass is 312 g/mol. The molecule has 0 amide bonds. The lowest BCUT2D eigenvalue weighted by Gasteiger charge is -2.36. The quantitative estimate of drug-likeness (QED) is 0.840. The average Bonchev–Trinajstić information content (AvgIpc) is 2.93. The molecule has 0 saturated carbocycles. The van der Waals surface area contributed by atoms with Crippen molar-refractivity contribution in [3.05, 3.63) is 22.9 Å². The van der Waals surface area contributed by atoms with Crippen LogP contribution in [0, 0.1) is 5.92 Å². The van der Waals surface area contributed by atoms with Gasteiger partial charge >= 0.3 is 0 Å². The Morgan fingerprint density at radius 2 is 2.11 bits per heavy atom. The maximum atomic E-state index is 5.63. The van der Waals surface area contributed by atoms with Gasteiger partial charge in [0.15, 0.2) is 6.29 Å². The Morgan fingerprint density at radius 1 is 1.28 bits per heavy atom. The molecular formula is C13H17BrN2O2. The number of pyridine rings is 1. The molecule has 0 radical (unpaired) electrons. The van der Waals surface area contributed by atoms with Gasteiger partial charge in [-0.15, -0.1) is 0 Å². The van der Waals surface area contributed by atoms with Crippen LogP contribution >= 0.6 is 15.9 Å². The van der Waals surface area contributed by atoms with Crippen LogP contribution < -0.4 is 4.90 Å². The smallest absolute Gasteiger partial charge is 0.162 e. The molecular weight excluding hydrogens is 296 g/mol. The molecule has 0 aliphatic carbocycles. The van der Waals surface area contributed by atoms with E-state index in [9.17, 15) is 0 Å². The standard InChI is InChI=1S/C13H17BrN2O2/c14-11-6-12(8-15-7-11)16-3-1-2-10(9-16)13-17-4-5-18-13/h6-8,10,13H,1-5,9H2/t10-/m0/s1. The van der Waals surface area contributed by atoms with Crippen molar-refractivity contribution in [2.45, 2.75) is 19.1 Å². The van der Waals surface area contributed by atoms with Gasteiger partial charge in [-0.05, 0) is 34.8 Å². The van der Waals surface area contributed by atoms with Gasteiger partial charge in [-0.2, -0.15) is 0 Å². The number of piperidine rings is 1. The zero-order valence-corrected chi connectivity index (χ0v) is 11.8. The van der Waals surface area contributed by atoms with E-state index in [0.29, 0.717) is 5.92 Å². The molecule has 3 rings (SSSR count). The molecule has 5 heteroatoms. The largest absolute Gasteiger partial charge is 0.370 e. The molecule has 1 aromatic rings. The minimum Gasteiger partial charge on any atom is -0.370 e. The minimum atomic E-state index is -0.00656. The summed E-state index contributed by atoms with van der Waals surface area (Å²) in [6.07, 6.45) is 6.09. The van der Waals surface area contributed by atoms with E-state index < -0.39 is 0 Å². The first-order chi connectivity index (χ1) is 8.83. The van der Waals surface area contributed by atoms with Crippen LogP contribution in [0.5, 0.6) is 0 Å². The molecule has 2 aliphatic heterocycles. The molecule has 98 valence electrons. The molecule has 0 unspecified atom stereocenters. The molecule has 2 aliphatic rings. The lowest BCUT2D eigenvalue weighted by Crippen LogP contribution is -2.40. The highest BCUT2D eigenvalue weighted by atomic mass is 79.9. The van der Waals surface area contributed by atoms with E-state index >= 15 is 0 Å². The van der Waals surface area contributed by atoms with Crippen molar-refractivity contribution in [2.75, 3.05) is 31.2 Å². The normalized spacial score (nSPS) is 25.6. The summed E-state index contributed by atoms with van der Waals surface area (Å²) in [6, 6.07) is 2.12. The van der Waals surface area contributed by atoms with Gasteiger partial charge in [0.05, 0.1) is 25.1 Å². The third kappa shape index (κ3) is 2.68. The van der Waals surface area contributed by atoms with E-state index in [4.69, 9.17) is 9.47 Å². The SMILES string of the molecule is Brc1cncc(N2CCC[C@H](C3OCCO3)C2)c1. The molecule has 1 atom stereocenters. The number of ether oxygens (including phenoxy) is 2. The van der Waals surface area contributed by atoms with Crippen LogP contribution in [0.15, 0.2) is 22.9 Å². The van der Waals surface area contributed by atoms with Crippen LogP contribution in [-0.4, -0.2) is 37.6 Å². The van der Waals surface area contributed by atoms with E-state index in [1.807, 2.05) is 12.4 Å². The van der Waals surface area contributed by atoms with Crippen molar-refractivity contribution in [1.82, 2.24) is 4.98 Å². The van der Waals surface area contributed by atoms with Crippen molar-refractivity contribution >= 4 is 21.6 Å². The maximum absolute atomic E-state index is 5.63. The highest BCUT2D eigenvalue weighted by Crippen LogP contribution is 2.28. The number of aromatic nitrogens is 1. The molecule has 4 nitrogen and oxygen atoms in total. The third-order valence-corrected chi connectivity index (χ3v) is 3.98. The second-order valence-electron chi connectivity index (χ2n) is 4.82. The Bertz CT molecular complexity index is 410. The number of anilines is 1. The molecule has 3 heterocycles. The van der Waals surface area contributed by atoms with Crippen molar-refractivity contribution in [3.63, 3.8) is 0 Å². The minimum absolute atomic E-state index is 0.00656. The number of hydrogen-bond donors (Lipinski definition) is 0. The Balaban J connectivity index is 1.69. The second-order valence-corrected chi connectivity index (χ2v) is 5.74. The summed E-state index contributed by atoms with van der Waals surface area (Å²) < 4.78 is 12.3. The Hall–Kier alpha value is -0.650.